The molecule has 0 bridgehead atoms. The van der Waals surface area contributed by atoms with E-state index in [-0.39, 0.29) is 22.2 Å². The summed E-state index contributed by atoms with van der Waals surface area (Å²) in [6.45, 7) is 0. The van der Waals surface area contributed by atoms with E-state index in [0.29, 0.717) is 5.02 Å². The Hall–Kier alpha value is -1.59. The van der Waals surface area contributed by atoms with Crippen LogP contribution in [0.1, 0.15) is 5.56 Å². The van der Waals surface area contributed by atoms with Gasteiger partial charge in [0.25, 0.3) is 0 Å². The van der Waals surface area contributed by atoms with Crippen LogP contribution in [0.4, 0.5) is 18.9 Å². The second-order valence-electron chi connectivity index (χ2n) is 3.92. The van der Waals surface area contributed by atoms with E-state index < -0.39 is 11.7 Å². The molecule has 2 aromatic carbocycles. The first kappa shape index (κ1) is 14.8. The van der Waals surface area contributed by atoms with Crippen molar-refractivity contribution >= 4 is 28.9 Å². The van der Waals surface area contributed by atoms with Crippen LogP contribution in [0.3, 0.4) is 0 Å². The van der Waals surface area contributed by atoms with Crippen LogP contribution in [0.2, 0.25) is 10.0 Å². The molecule has 0 atom stereocenters. The zero-order chi connectivity index (χ0) is 14.9. The van der Waals surface area contributed by atoms with Gasteiger partial charge in [0.2, 0.25) is 0 Å². The molecular weight excluding hydrogens is 314 g/mol. The normalized spacial score (nSPS) is 11.4. The fraction of sp³-hybridized carbons (Fsp3) is 0.0769. The van der Waals surface area contributed by atoms with Gasteiger partial charge in [-0.3, -0.25) is 0 Å². The van der Waals surface area contributed by atoms with Gasteiger partial charge in [0.15, 0.2) is 0 Å². The highest BCUT2D eigenvalue weighted by molar-refractivity contribution is 6.34. The number of nitrogens with two attached hydrogens (primary N) is 1. The summed E-state index contributed by atoms with van der Waals surface area (Å²) >= 11 is 11.7. The molecule has 0 radical (unpaired) electrons. The maximum atomic E-state index is 12.7. The second-order valence-corrected chi connectivity index (χ2v) is 4.77. The van der Waals surface area contributed by atoms with Crippen LogP contribution in [0.15, 0.2) is 36.4 Å². The standard InChI is InChI=1S/C13H8Cl2F3NO/c14-7-1-3-10(15)12(5-7)20-8-2-4-11(19)9(6-8)13(16,17)18/h1-6H,19H2. The summed E-state index contributed by atoms with van der Waals surface area (Å²) in [6, 6.07) is 7.69. The van der Waals surface area contributed by atoms with Crippen LogP contribution >= 0.6 is 23.2 Å². The lowest BCUT2D eigenvalue weighted by Crippen LogP contribution is -2.08. The lowest BCUT2D eigenvalue weighted by molar-refractivity contribution is -0.137. The van der Waals surface area contributed by atoms with Crippen LogP contribution in [0.5, 0.6) is 11.5 Å². The predicted molar refractivity (Wildman–Crippen MR) is 72.4 cm³/mol. The Morgan fingerprint density at radius 2 is 1.70 bits per heavy atom. The third kappa shape index (κ3) is 3.29. The van der Waals surface area contributed by atoms with Crippen molar-refractivity contribution < 1.29 is 17.9 Å². The van der Waals surface area contributed by atoms with E-state index in [1.807, 2.05) is 0 Å². The van der Waals surface area contributed by atoms with Gasteiger partial charge in [0.1, 0.15) is 11.5 Å². The van der Waals surface area contributed by atoms with Gasteiger partial charge in [-0.05, 0) is 30.3 Å². The van der Waals surface area contributed by atoms with Crippen molar-refractivity contribution in [1.29, 1.82) is 0 Å². The molecular formula is C13H8Cl2F3NO. The Kier molecular flexibility index (Phi) is 4.01. The predicted octanol–water partition coefficient (Wildman–Crippen LogP) is 5.39. The Balaban J connectivity index is 2.37. The molecule has 0 saturated carbocycles. The van der Waals surface area contributed by atoms with Crippen molar-refractivity contribution in [2.75, 3.05) is 5.73 Å². The minimum atomic E-state index is -4.55. The first-order chi connectivity index (χ1) is 9.27. The van der Waals surface area contributed by atoms with E-state index in [4.69, 9.17) is 33.7 Å². The van der Waals surface area contributed by atoms with E-state index in [0.717, 1.165) is 12.1 Å². The number of hydrogen-bond donors (Lipinski definition) is 1. The summed E-state index contributed by atoms with van der Waals surface area (Å²) in [6.07, 6.45) is -4.55. The summed E-state index contributed by atoms with van der Waals surface area (Å²) < 4.78 is 43.5. The van der Waals surface area contributed by atoms with E-state index in [1.54, 1.807) is 6.07 Å². The fourth-order valence-electron chi connectivity index (χ4n) is 1.53. The Morgan fingerprint density at radius 3 is 2.35 bits per heavy atom. The first-order valence-corrected chi connectivity index (χ1v) is 6.12. The summed E-state index contributed by atoms with van der Waals surface area (Å²) in [5.74, 6) is 0.132. The van der Waals surface area contributed by atoms with Gasteiger partial charge in [-0.25, -0.2) is 0 Å². The third-order valence-electron chi connectivity index (χ3n) is 2.45. The van der Waals surface area contributed by atoms with Gasteiger partial charge in [0, 0.05) is 16.8 Å². The molecule has 0 amide bonds. The number of benzene rings is 2. The molecule has 2 N–H and O–H groups in total. The summed E-state index contributed by atoms with van der Waals surface area (Å²) in [7, 11) is 0. The van der Waals surface area contributed by atoms with Crippen LogP contribution in [-0.4, -0.2) is 0 Å². The van der Waals surface area contributed by atoms with E-state index in [2.05, 4.69) is 0 Å². The molecule has 2 aromatic rings. The topological polar surface area (TPSA) is 35.2 Å². The zero-order valence-electron chi connectivity index (χ0n) is 9.84. The van der Waals surface area contributed by atoms with Crippen LogP contribution in [0, 0.1) is 0 Å². The number of hydrogen-bond acceptors (Lipinski definition) is 2. The van der Waals surface area contributed by atoms with Gasteiger partial charge < -0.3 is 10.5 Å². The van der Waals surface area contributed by atoms with Gasteiger partial charge >= 0.3 is 6.18 Å². The quantitative estimate of drug-likeness (QED) is 0.753. The van der Waals surface area contributed by atoms with Crippen molar-refractivity contribution in [1.82, 2.24) is 0 Å². The summed E-state index contributed by atoms with van der Waals surface area (Å²) in [5.41, 5.74) is 3.96. The van der Waals surface area contributed by atoms with E-state index >= 15 is 0 Å². The highest BCUT2D eigenvalue weighted by atomic mass is 35.5. The average molecular weight is 322 g/mol. The van der Waals surface area contributed by atoms with Gasteiger partial charge in [0.05, 0.1) is 10.6 Å². The monoisotopic (exact) mass is 321 g/mol. The number of anilines is 1. The average Bonchev–Trinajstić information content (AvgIpc) is 2.35. The summed E-state index contributed by atoms with van der Waals surface area (Å²) in [5, 5.41) is 0.593. The minimum Gasteiger partial charge on any atom is -0.456 e. The lowest BCUT2D eigenvalue weighted by Gasteiger charge is -2.13. The Labute approximate surface area is 122 Å². The molecule has 0 fully saturated rings. The molecule has 2 nitrogen and oxygen atoms in total. The molecule has 0 spiro atoms. The maximum absolute atomic E-state index is 12.7. The molecule has 0 aliphatic heterocycles. The molecule has 20 heavy (non-hydrogen) atoms. The molecule has 0 heterocycles. The Morgan fingerprint density at radius 1 is 1.00 bits per heavy atom. The number of halogens is 5. The van der Waals surface area contributed by atoms with E-state index in [1.165, 1.54) is 18.2 Å². The lowest BCUT2D eigenvalue weighted by atomic mass is 10.1. The smallest absolute Gasteiger partial charge is 0.418 e. The third-order valence-corrected chi connectivity index (χ3v) is 3.00. The summed E-state index contributed by atoms with van der Waals surface area (Å²) in [4.78, 5) is 0. The molecule has 0 aliphatic rings. The van der Waals surface area contributed by atoms with Crippen molar-refractivity contribution in [3.05, 3.63) is 52.0 Å². The molecule has 106 valence electrons. The van der Waals surface area contributed by atoms with Crippen molar-refractivity contribution in [2.45, 2.75) is 6.18 Å². The molecule has 7 heteroatoms. The van der Waals surface area contributed by atoms with Crippen molar-refractivity contribution in [2.24, 2.45) is 0 Å². The second kappa shape index (κ2) is 5.42. The SMILES string of the molecule is Nc1ccc(Oc2cc(Cl)ccc2Cl)cc1C(F)(F)F. The first-order valence-electron chi connectivity index (χ1n) is 5.37. The van der Waals surface area contributed by atoms with Gasteiger partial charge in [-0.1, -0.05) is 23.2 Å². The number of nitrogen functional groups attached to an aromatic ring is 1. The highest BCUT2D eigenvalue weighted by Crippen LogP contribution is 2.38. The molecule has 0 aromatic heterocycles. The van der Waals surface area contributed by atoms with Crippen LogP contribution in [-0.2, 0) is 6.18 Å². The Bertz CT molecular complexity index is 644. The zero-order valence-corrected chi connectivity index (χ0v) is 11.4. The maximum Gasteiger partial charge on any atom is 0.418 e. The van der Waals surface area contributed by atoms with Crippen molar-refractivity contribution in [3.8, 4) is 11.5 Å². The van der Waals surface area contributed by atoms with Crippen LogP contribution < -0.4 is 10.5 Å². The highest BCUT2D eigenvalue weighted by Gasteiger charge is 2.33. The number of ether oxygens (including phenoxy) is 1. The largest absolute Gasteiger partial charge is 0.456 e. The van der Waals surface area contributed by atoms with Crippen molar-refractivity contribution in [3.63, 3.8) is 0 Å². The molecule has 0 unspecified atom stereocenters. The molecule has 2 rings (SSSR count). The molecule has 0 aliphatic carbocycles. The number of alkyl halides is 3. The van der Waals surface area contributed by atoms with Gasteiger partial charge in [-0.15, -0.1) is 0 Å². The van der Waals surface area contributed by atoms with E-state index in [9.17, 15) is 13.2 Å². The minimum absolute atomic E-state index is 0.0318. The van der Waals surface area contributed by atoms with Crippen LogP contribution in [0.25, 0.3) is 0 Å². The molecule has 0 saturated heterocycles. The van der Waals surface area contributed by atoms with Gasteiger partial charge in [-0.2, -0.15) is 13.2 Å². The fourth-order valence-corrected chi connectivity index (χ4v) is 1.84. The number of rotatable bonds is 2.